The first kappa shape index (κ1) is 57.3. The largest absolute Gasteiger partial charge is 0.493 e. The molecule has 1 aliphatic carbocycles. The van der Waals surface area contributed by atoms with Crippen LogP contribution < -0.4 is 9.64 Å². The van der Waals surface area contributed by atoms with Crippen LogP contribution in [0.4, 0.5) is 17.1 Å². The highest BCUT2D eigenvalue weighted by Crippen LogP contribution is 2.56. The fourth-order valence-corrected chi connectivity index (χ4v) is 13.9. The Morgan fingerprint density at radius 2 is 0.911 bits per heavy atom. The van der Waals surface area contributed by atoms with E-state index < -0.39 is 5.41 Å². The Kier molecular flexibility index (Phi) is 15.2. The van der Waals surface area contributed by atoms with E-state index in [9.17, 15) is 0 Å². The van der Waals surface area contributed by atoms with E-state index in [4.69, 9.17) is 4.74 Å². The molecule has 438 valence electrons. The maximum absolute atomic E-state index is 6.68. The van der Waals surface area contributed by atoms with Crippen molar-refractivity contribution in [2.75, 3.05) is 11.5 Å². The maximum Gasteiger partial charge on any atom is 0.122 e. The Hall–Kier alpha value is -10.5. The summed E-state index contributed by atoms with van der Waals surface area (Å²) in [5.41, 5.74) is 28.4. The van der Waals surface area contributed by atoms with Gasteiger partial charge in [-0.05, 0) is 224 Å². The Morgan fingerprint density at radius 1 is 0.422 bits per heavy atom. The Balaban J connectivity index is 0.833. The first-order chi connectivity index (χ1) is 43.9. The molecule has 0 saturated carbocycles. The third kappa shape index (κ3) is 10.6. The maximum atomic E-state index is 6.68. The third-order valence-electron chi connectivity index (χ3n) is 18.8. The SMILES string of the molecule is C=Cc1ccc(-c2ccc3c(c2)c2cc(-c4ccc(N(c5ccc(-c6ccc(C(C)(C)C)cc6)cc5)c5ccc6c(c5)C(CCCCOc5cc(C)c(-c7ccc(C=C)cc7)cc5C)(c5ccccc5)c5ccccc5-6)cc4)ccc2n3-c2ccccc2)cc1. The topological polar surface area (TPSA) is 17.4 Å². The predicted octanol–water partition coefficient (Wildman–Crippen LogP) is 23.7. The molecule has 0 aliphatic heterocycles. The number of aryl methyl sites for hydroxylation is 2. The van der Waals surface area contributed by atoms with Gasteiger partial charge in [0.2, 0.25) is 0 Å². The van der Waals surface area contributed by atoms with Gasteiger partial charge in [0.15, 0.2) is 0 Å². The van der Waals surface area contributed by atoms with E-state index in [1.54, 1.807) is 0 Å². The number of rotatable bonds is 17. The number of hydrogen-bond acceptors (Lipinski definition) is 2. The van der Waals surface area contributed by atoms with Crippen LogP contribution in [0.3, 0.4) is 0 Å². The summed E-state index contributed by atoms with van der Waals surface area (Å²) in [6, 6.07) is 101. The molecule has 1 unspecified atom stereocenters. The molecule has 0 fully saturated rings. The zero-order valence-electron chi connectivity index (χ0n) is 52.2. The average Bonchev–Trinajstić information content (AvgIpc) is 1.56. The third-order valence-corrected chi connectivity index (χ3v) is 18.8. The molecular weight excluding hydrogens is 1090 g/mol. The minimum Gasteiger partial charge on any atom is -0.493 e. The van der Waals surface area contributed by atoms with Crippen molar-refractivity contribution in [1.29, 1.82) is 0 Å². The summed E-state index contributed by atoms with van der Waals surface area (Å²) in [5.74, 6) is 0.950. The van der Waals surface area contributed by atoms with Gasteiger partial charge >= 0.3 is 0 Å². The van der Waals surface area contributed by atoms with Crippen molar-refractivity contribution < 1.29 is 4.74 Å². The number of hydrogen-bond donors (Lipinski definition) is 0. The fourth-order valence-electron chi connectivity index (χ4n) is 13.9. The van der Waals surface area contributed by atoms with Gasteiger partial charge in [-0.2, -0.15) is 0 Å². The number of para-hydroxylation sites is 1. The minimum absolute atomic E-state index is 0.0769. The van der Waals surface area contributed by atoms with Crippen LogP contribution in [0.1, 0.15) is 84.5 Å². The van der Waals surface area contributed by atoms with Crippen molar-refractivity contribution in [1.82, 2.24) is 4.57 Å². The highest BCUT2D eigenvalue weighted by Gasteiger charge is 2.44. The van der Waals surface area contributed by atoms with E-state index in [1.165, 1.54) is 94.1 Å². The van der Waals surface area contributed by atoms with Crippen LogP contribution in [0.2, 0.25) is 0 Å². The first-order valence-corrected chi connectivity index (χ1v) is 31.7. The van der Waals surface area contributed by atoms with E-state index in [0.717, 1.165) is 75.6 Å². The second kappa shape index (κ2) is 23.9. The summed E-state index contributed by atoms with van der Waals surface area (Å²) in [7, 11) is 0. The number of unbranched alkanes of at least 4 members (excludes halogenated alkanes) is 1. The molecule has 1 aliphatic rings. The number of ether oxygens (including phenoxy) is 1. The lowest BCUT2D eigenvalue weighted by molar-refractivity contribution is 0.299. The van der Waals surface area contributed by atoms with Gasteiger partial charge in [-0.1, -0.05) is 234 Å². The van der Waals surface area contributed by atoms with Gasteiger partial charge in [-0.3, -0.25) is 0 Å². The van der Waals surface area contributed by atoms with Gasteiger partial charge in [0, 0.05) is 38.9 Å². The van der Waals surface area contributed by atoms with Crippen molar-refractivity contribution in [3.8, 4) is 67.1 Å². The summed E-state index contributed by atoms with van der Waals surface area (Å²) in [6.45, 7) is 19.7. The summed E-state index contributed by atoms with van der Waals surface area (Å²) in [4.78, 5) is 2.45. The molecule has 3 heteroatoms. The smallest absolute Gasteiger partial charge is 0.122 e. The highest BCUT2D eigenvalue weighted by atomic mass is 16.5. The van der Waals surface area contributed by atoms with Gasteiger partial charge in [0.1, 0.15) is 5.75 Å². The van der Waals surface area contributed by atoms with Gasteiger partial charge in [0.05, 0.1) is 17.6 Å². The van der Waals surface area contributed by atoms with Crippen molar-refractivity contribution >= 4 is 51.0 Å². The quantitative estimate of drug-likeness (QED) is 0.0846. The molecule has 0 N–H and O–H groups in total. The highest BCUT2D eigenvalue weighted by molar-refractivity contribution is 6.11. The predicted molar refractivity (Wildman–Crippen MR) is 383 cm³/mol. The van der Waals surface area contributed by atoms with Crippen molar-refractivity contribution in [3.63, 3.8) is 0 Å². The first-order valence-electron chi connectivity index (χ1n) is 31.7. The number of nitrogens with zero attached hydrogens (tertiary/aromatic N) is 2. The second-order valence-electron chi connectivity index (χ2n) is 25.3. The van der Waals surface area contributed by atoms with E-state index in [1.807, 2.05) is 12.2 Å². The van der Waals surface area contributed by atoms with Crippen LogP contribution in [-0.4, -0.2) is 11.2 Å². The fraction of sp³-hybridized carbons (Fsp3) is 0.126. The van der Waals surface area contributed by atoms with E-state index >= 15 is 0 Å². The lowest BCUT2D eigenvalue weighted by Crippen LogP contribution is -2.27. The molecule has 14 rings (SSSR count). The van der Waals surface area contributed by atoms with Gasteiger partial charge in [-0.25, -0.2) is 0 Å². The monoisotopic (exact) mass is 1160 g/mol. The molecule has 0 bridgehead atoms. The second-order valence-corrected chi connectivity index (χ2v) is 25.3. The van der Waals surface area contributed by atoms with E-state index in [-0.39, 0.29) is 5.41 Å². The summed E-state index contributed by atoms with van der Waals surface area (Å²) < 4.78 is 9.08. The molecule has 12 aromatic carbocycles. The zero-order chi connectivity index (χ0) is 61.5. The molecule has 3 nitrogen and oxygen atoms in total. The lowest BCUT2D eigenvalue weighted by atomic mass is 9.69. The Morgan fingerprint density at radius 3 is 1.49 bits per heavy atom. The summed E-state index contributed by atoms with van der Waals surface area (Å²) in [5, 5.41) is 2.43. The van der Waals surface area contributed by atoms with Crippen LogP contribution in [-0.2, 0) is 10.8 Å². The van der Waals surface area contributed by atoms with Gasteiger partial charge < -0.3 is 14.2 Å². The van der Waals surface area contributed by atoms with Crippen LogP contribution in [0.15, 0.2) is 286 Å². The zero-order valence-corrected chi connectivity index (χ0v) is 52.2. The van der Waals surface area contributed by atoms with Crippen LogP contribution >= 0.6 is 0 Å². The van der Waals surface area contributed by atoms with E-state index in [0.29, 0.717) is 6.61 Å². The minimum atomic E-state index is -0.406. The number of benzene rings is 12. The summed E-state index contributed by atoms with van der Waals surface area (Å²) in [6.07, 6.45) is 6.58. The van der Waals surface area contributed by atoms with Crippen LogP contribution in [0, 0.1) is 13.8 Å². The Labute approximate surface area is 531 Å². The molecule has 1 atom stereocenters. The number of aromatic nitrogens is 1. The molecule has 1 aromatic heterocycles. The Bertz CT molecular complexity index is 4780. The number of fused-ring (bicyclic) bond motifs is 6. The van der Waals surface area contributed by atoms with Gasteiger partial charge in [-0.15, -0.1) is 0 Å². The van der Waals surface area contributed by atoms with Crippen LogP contribution in [0.25, 0.3) is 95.3 Å². The molecule has 0 amide bonds. The molecule has 0 saturated heterocycles. The summed E-state index contributed by atoms with van der Waals surface area (Å²) >= 11 is 0. The van der Waals surface area contributed by atoms with Crippen molar-refractivity contribution in [2.45, 2.75) is 64.7 Å². The number of anilines is 3. The lowest BCUT2D eigenvalue weighted by Gasteiger charge is -2.34. The standard InChI is InChI=1S/C87H74N2O/c1-8-61-26-30-65(31-27-61)68-40-50-83-79(56-68)80-57-69(41-51-84(80)89(83)72-22-14-11-15-23-72)66-38-46-74(47-39-66)88(73-44-36-64(37-45-73)63-34-42-70(43-35-63)86(5,6)7)75-48-49-77-76-24-16-17-25-81(76)87(82(77)58-75,71-20-12-10-13-21-71)52-18-19-53-90-85-55-59(3)78(54-60(85)4)67-32-28-62(9-2)29-33-67/h8-17,20-51,54-58H,1-2,18-19,52-53H2,3-7H3. The van der Waals surface area contributed by atoms with Crippen molar-refractivity contribution in [3.05, 3.63) is 331 Å². The van der Waals surface area contributed by atoms with Crippen LogP contribution in [0.5, 0.6) is 5.75 Å². The molecule has 0 spiro atoms. The van der Waals surface area contributed by atoms with Gasteiger partial charge in [0.25, 0.3) is 0 Å². The average molecular weight is 1160 g/mol. The molecule has 0 radical (unpaired) electrons. The molecule has 90 heavy (non-hydrogen) atoms. The molecule has 13 aromatic rings. The molecular formula is C87H74N2O. The van der Waals surface area contributed by atoms with Crippen molar-refractivity contribution in [2.24, 2.45) is 0 Å². The normalized spacial score (nSPS) is 13.5. The molecule has 1 heterocycles. The van der Waals surface area contributed by atoms with E-state index in [2.05, 4.69) is 330 Å².